The van der Waals surface area contributed by atoms with E-state index in [1.165, 1.54) is 5.56 Å². The third-order valence-corrected chi connectivity index (χ3v) is 4.61. The number of nitrogens with zero attached hydrogens (tertiary/aromatic N) is 1. The summed E-state index contributed by atoms with van der Waals surface area (Å²) in [5.74, 6) is 0.626. The maximum absolute atomic E-state index is 10.3. The summed E-state index contributed by atoms with van der Waals surface area (Å²) in [6.45, 7) is 8.38. The molecule has 0 bridgehead atoms. The van der Waals surface area contributed by atoms with Gasteiger partial charge >= 0.3 is 0 Å². The van der Waals surface area contributed by atoms with E-state index in [9.17, 15) is 5.11 Å². The van der Waals surface area contributed by atoms with Gasteiger partial charge in [0.25, 0.3) is 0 Å². The van der Waals surface area contributed by atoms with E-state index in [1.807, 2.05) is 12.1 Å². The van der Waals surface area contributed by atoms with Gasteiger partial charge in [0.05, 0.1) is 6.10 Å². The van der Waals surface area contributed by atoms with Crippen molar-refractivity contribution < 1.29 is 5.11 Å². The number of piperidine rings is 1. The molecular weight excluding hydrogens is 248 g/mol. The Morgan fingerprint density at radius 1 is 1.40 bits per heavy atom. The van der Waals surface area contributed by atoms with Crippen molar-refractivity contribution in [3.8, 4) is 0 Å². The van der Waals surface area contributed by atoms with Crippen LogP contribution >= 0.6 is 0 Å². The Kier molecular flexibility index (Phi) is 5.19. The van der Waals surface area contributed by atoms with E-state index in [0.717, 1.165) is 18.5 Å². The first-order valence-corrected chi connectivity index (χ1v) is 7.65. The molecule has 1 aromatic rings. The second-order valence-corrected chi connectivity index (χ2v) is 6.45. The molecule has 2 N–H and O–H groups in total. The van der Waals surface area contributed by atoms with Gasteiger partial charge in [-0.2, -0.15) is 0 Å². The first-order valence-electron chi connectivity index (χ1n) is 7.65. The Labute approximate surface area is 123 Å². The summed E-state index contributed by atoms with van der Waals surface area (Å²) in [6.07, 6.45) is 0.732. The van der Waals surface area contributed by atoms with Crippen LogP contribution in [0.25, 0.3) is 0 Å². The van der Waals surface area contributed by atoms with E-state index in [4.69, 9.17) is 0 Å². The minimum atomic E-state index is -0.419. The minimum absolute atomic E-state index is 0.419. The average Bonchev–Trinajstić information content (AvgIpc) is 2.41. The summed E-state index contributed by atoms with van der Waals surface area (Å²) < 4.78 is 0. The minimum Gasteiger partial charge on any atom is -0.387 e. The molecule has 0 radical (unpaired) electrons. The Hall–Kier alpha value is -0.900. The van der Waals surface area contributed by atoms with Crippen LogP contribution in [0.5, 0.6) is 0 Å². The van der Waals surface area contributed by atoms with Gasteiger partial charge in [0.2, 0.25) is 0 Å². The molecule has 4 atom stereocenters. The van der Waals surface area contributed by atoms with Crippen LogP contribution in [0.15, 0.2) is 24.3 Å². The largest absolute Gasteiger partial charge is 0.387 e. The quantitative estimate of drug-likeness (QED) is 0.886. The van der Waals surface area contributed by atoms with E-state index in [-0.39, 0.29) is 0 Å². The Morgan fingerprint density at radius 2 is 2.15 bits per heavy atom. The molecule has 1 heterocycles. The van der Waals surface area contributed by atoms with Gasteiger partial charge in [-0.15, -0.1) is 0 Å². The van der Waals surface area contributed by atoms with Crippen molar-refractivity contribution in [1.82, 2.24) is 10.2 Å². The van der Waals surface area contributed by atoms with Crippen molar-refractivity contribution in [3.63, 3.8) is 0 Å². The highest BCUT2D eigenvalue weighted by Gasteiger charge is 2.28. The number of likely N-dealkylation sites (tertiary alicyclic amines) is 1. The van der Waals surface area contributed by atoms with Crippen LogP contribution in [0.4, 0.5) is 0 Å². The fraction of sp³-hybridized carbons (Fsp3) is 0.647. The van der Waals surface area contributed by atoms with Gasteiger partial charge in [-0.25, -0.2) is 0 Å². The van der Waals surface area contributed by atoms with Crippen molar-refractivity contribution in [2.45, 2.75) is 45.4 Å². The molecule has 3 heteroatoms. The van der Waals surface area contributed by atoms with Crippen LogP contribution in [0.1, 0.15) is 37.5 Å². The average molecular weight is 276 g/mol. The molecule has 1 fully saturated rings. The van der Waals surface area contributed by atoms with Gasteiger partial charge in [0.1, 0.15) is 0 Å². The van der Waals surface area contributed by atoms with Crippen molar-refractivity contribution in [3.05, 3.63) is 35.4 Å². The van der Waals surface area contributed by atoms with E-state index in [2.05, 4.69) is 50.2 Å². The SMILES string of the molecule is Cc1cccc([C@H](O)CN[C@@H]2C[C@H](C)N(C)C[C@@H]2C)c1. The number of hydrogen-bond acceptors (Lipinski definition) is 3. The summed E-state index contributed by atoms with van der Waals surface area (Å²) in [4.78, 5) is 2.42. The van der Waals surface area contributed by atoms with Crippen LogP contribution in [-0.2, 0) is 0 Å². The molecule has 0 spiro atoms. The third-order valence-electron chi connectivity index (χ3n) is 4.61. The van der Waals surface area contributed by atoms with Gasteiger partial charge in [-0.1, -0.05) is 36.8 Å². The molecule has 1 aliphatic heterocycles. The lowest BCUT2D eigenvalue weighted by atomic mass is 9.89. The number of rotatable bonds is 4. The number of benzene rings is 1. The molecule has 0 aliphatic carbocycles. The standard InChI is InChI=1S/C17H28N2O/c1-12-6-5-7-15(8-12)17(20)10-18-16-9-14(3)19(4)11-13(16)2/h5-8,13-14,16-18,20H,9-11H2,1-4H3/t13-,14-,16+,17+/m0/s1. The summed E-state index contributed by atoms with van der Waals surface area (Å²) in [5.41, 5.74) is 2.20. The van der Waals surface area contributed by atoms with Crippen LogP contribution in [0, 0.1) is 12.8 Å². The first-order chi connectivity index (χ1) is 9.47. The first kappa shape index (κ1) is 15.5. The van der Waals surface area contributed by atoms with Gasteiger partial charge < -0.3 is 15.3 Å². The fourth-order valence-electron chi connectivity index (χ4n) is 3.08. The summed E-state index contributed by atoms with van der Waals surface area (Å²) in [5, 5.41) is 13.9. The van der Waals surface area contributed by atoms with Crippen molar-refractivity contribution in [1.29, 1.82) is 0 Å². The van der Waals surface area contributed by atoms with Crippen LogP contribution in [-0.4, -0.2) is 42.2 Å². The molecule has 0 aromatic heterocycles. The predicted octanol–water partition coefficient (Wildman–Crippen LogP) is 2.35. The Balaban J connectivity index is 1.88. The van der Waals surface area contributed by atoms with Gasteiger partial charge in [-0.3, -0.25) is 0 Å². The molecule has 2 rings (SSSR count). The third kappa shape index (κ3) is 3.81. The zero-order valence-corrected chi connectivity index (χ0v) is 13.1. The molecular formula is C17H28N2O. The zero-order chi connectivity index (χ0) is 14.7. The van der Waals surface area contributed by atoms with Crippen molar-refractivity contribution in [2.24, 2.45) is 5.92 Å². The van der Waals surface area contributed by atoms with E-state index >= 15 is 0 Å². The molecule has 112 valence electrons. The number of nitrogens with one attached hydrogen (secondary N) is 1. The van der Waals surface area contributed by atoms with Crippen molar-refractivity contribution in [2.75, 3.05) is 20.1 Å². The molecule has 20 heavy (non-hydrogen) atoms. The second-order valence-electron chi connectivity index (χ2n) is 6.45. The summed E-state index contributed by atoms with van der Waals surface area (Å²) in [6, 6.07) is 9.24. The van der Waals surface area contributed by atoms with E-state index < -0.39 is 6.10 Å². The molecule has 3 nitrogen and oxygen atoms in total. The van der Waals surface area contributed by atoms with Gasteiger partial charge in [0, 0.05) is 25.2 Å². The highest BCUT2D eigenvalue weighted by molar-refractivity contribution is 5.24. The lowest BCUT2D eigenvalue weighted by Gasteiger charge is -2.40. The highest BCUT2D eigenvalue weighted by Crippen LogP contribution is 2.21. The number of aryl methyl sites for hydroxylation is 1. The summed E-state index contributed by atoms with van der Waals surface area (Å²) >= 11 is 0. The second kappa shape index (κ2) is 6.70. The maximum Gasteiger partial charge on any atom is 0.0914 e. The molecule has 0 amide bonds. The van der Waals surface area contributed by atoms with Crippen molar-refractivity contribution >= 4 is 0 Å². The van der Waals surface area contributed by atoms with E-state index in [0.29, 0.717) is 24.5 Å². The fourth-order valence-corrected chi connectivity index (χ4v) is 3.08. The zero-order valence-electron chi connectivity index (χ0n) is 13.1. The number of aliphatic hydroxyl groups is 1. The van der Waals surface area contributed by atoms with Gasteiger partial charge in [-0.05, 0) is 38.8 Å². The Bertz CT molecular complexity index is 435. The van der Waals surface area contributed by atoms with Crippen LogP contribution in [0.3, 0.4) is 0 Å². The van der Waals surface area contributed by atoms with Gasteiger partial charge in [0.15, 0.2) is 0 Å². The monoisotopic (exact) mass is 276 g/mol. The highest BCUT2D eigenvalue weighted by atomic mass is 16.3. The normalized spacial score (nSPS) is 29.4. The topological polar surface area (TPSA) is 35.5 Å². The van der Waals surface area contributed by atoms with Crippen LogP contribution in [0.2, 0.25) is 0 Å². The lowest BCUT2D eigenvalue weighted by Crippen LogP contribution is -2.51. The molecule has 0 unspecified atom stereocenters. The maximum atomic E-state index is 10.3. The number of hydrogen-bond donors (Lipinski definition) is 2. The summed E-state index contributed by atoms with van der Waals surface area (Å²) in [7, 11) is 2.19. The van der Waals surface area contributed by atoms with Crippen LogP contribution < -0.4 is 5.32 Å². The van der Waals surface area contributed by atoms with E-state index in [1.54, 1.807) is 0 Å². The smallest absolute Gasteiger partial charge is 0.0914 e. The molecule has 0 saturated carbocycles. The number of aliphatic hydroxyl groups excluding tert-OH is 1. The molecule has 1 aromatic carbocycles. The predicted molar refractivity (Wildman–Crippen MR) is 83.8 cm³/mol. The lowest BCUT2D eigenvalue weighted by molar-refractivity contribution is 0.106. The molecule has 1 aliphatic rings. The molecule has 1 saturated heterocycles. The Morgan fingerprint density at radius 3 is 2.85 bits per heavy atom.